The van der Waals surface area contributed by atoms with Gasteiger partial charge in [-0.05, 0) is 85.3 Å². The first-order valence-corrected chi connectivity index (χ1v) is 19.2. The van der Waals surface area contributed by atoms with Gasteiger partial charge < -0.3 is 35.7 Å². The normalized spacial score (nSPS) is 31.4. The maximum Gasteiger partial charge on any atom is 0.326 e. The molecule has 292 valence electrons. The van der Waals surface area contributed by atoms with Gasteiger partial charge in [0.2, 0.25) is 17.6 Å². The smallest absolute Gasteiger partial charge is 0.326 e. The lowest BCUT2D eigenvalue weighted by Gasteiger charge is -2.60. The molecule has 2 aromatic rings. The van der Waals surface area contributed by atoms with Crippen molar-refractivity contribution in [2.45, 2.75) is 116 Å². The molecule has 13 heteroatoms. The maximum absolute atomic E-state index is 13.6. The standard InChI is InChI=1S/C41H53N3O10/c1-22(2)36(37(50)43-30(38(51)52)17-23-20-42-29-8-6-5-7-26(23)29)44-33(48)11-12-34(49)54-21-32(47)41(53)16-14-28-27-10-9-24-18-25(45)13-15-39(24,3)35(27)31(46)19-40(28,41)4/h5-8,18,20,22,27-28,30-31,35-36,42,46,53H,9-17,19,21H2,1-4H3,(H,43,50)(H,44,48)(H,51,52). The lowest BCUT2D eigenvalue weighted by molar-refractivity contribution is -0.184. The second-order valence-corrected chi connectivity index (χ2v) is 16.8. The number of para-hydroxylation sites is 1. The molecule has 1 aromatic heterocycles. The van der Waals surface area contributed by atoms with Crippen LogP contribution in [-0.2, 0) is 39.9 Å². The van der Waals surface area contributed by atoms with E-state index < -0.39 is 71.3 Å². The number of aromatic nitrogens is 1. The first kappa shape index (κ1) is 39.3. The van der Waals surface area contributed by atoms with E-state index in [9.17, 15) is 44.1 Å². The van der Waals surface area contributed by atoms with Gasteiger partial charge in [-0.15, -0.1) is 0 Å². The van der Waals surface area contributed by atoms with Crippen LogP contribution in [-0.4, -0.2) is 86.0 Å². The molecule has 0 spiro atoms. The quantitative estimate of drug-likeness (QED) is 0.164. The Bertz CT molecular complexity index is 1870. The van der Waals surface area contributed by atoms with E-state index in [4.69, 9.17) is 4.74 Å². The number of aliphatic hydroxyl groups is 2. The highest BCUT2D eigenvalue weighted by Gasteiger charge is 2.68. The minimum absolute atomic E-state index is 0.0199. The van der Waals surface area contributed by atoms with Gasteiger partial charge in [-0.25, -0.2) is 4.79 Å². The summed E-state index contributed by atoms with van der Waals surface area (Å²) in [5.41, 5.74) is -0.389. The Morgan fingerprint density at radius 1 is 1.02 bits per heavy atom. The fraction of sp³-hybridized carbons (Fsp3) is 0.610. The number of carbonyl (C=O) groups is 6. The van der Waals surface area contributed by atoms with E-state index in [0.29, 0.717) is 24.8 Å². The molecule has 0 saturated heterocycles. The van der Waals surface area contributed by atoms with Crippen molar-refractivity contribution in [1.82, 2.24) is 15.6 Å². The summed E-state index contributed by atoms with van der Waals surface area (Å²) >= 11 is 0. The molecule has 6 N–H and O–H groups in total. The zero-order valence-corrected chi connectivity index (χ0v) is 31.5. The highest BCUT2D eigenvalue weighted by Crippen LogP contribution is 2.67. The number of carboxylic acid groups (broad SMARTS) is 1. The summed E-state index contributed by atoms with van der Waals surface area (Å²) in [6.07, 6.45) is 5.61. The van der Waals surface area contributed by atoms with Crippen molar-refractivity contribution in [3.05, 3.63) is 47.7 Å². The summed E-state index contributed by atoms with van der Waals surface area (Å²) in [6, 6.07) is 5.07. The number of nitrogens with one attached hydrogen (secondary N) is 3. The number of carboxylic acids is 1. The van der Waals surface area contributed by atoms with Crippen molar-refractivity contribution < 1.29 is 48.8 Å². The molecule has 4 aliphatic carbocycles. The van der Waals surface area contributed by atoms with Crippen LogP contribution in [0.4, 0.5) is 0 Å². The monoisotopic (exact) mass is 747 g/mol. The van der Waals surface area contributed by atoms with Crippen LogP contribution in [0.2, 0.25) is 0 Å². The van der Waals surface area contributed by atoms with E-state index in [2.05, 4.69) is 22.5 Å². The molecule has 4 aliphatic rings. The predicted molar refractivity (Wildman–Crippen MR) is 197 cm³/mol. The molecular weight excluding hydrogens is 694 g/mol. The fourth-order valence-electron chi connectivity index (χ4n) is 10.5. The van der Waals surface area contributed by atoms with E-state index >= 15 is 0 Å². The number of ether oxygens (including phenoxy) is 1. The number of aromatic amines is 1. The van der Waals surface area contributed by atoms with Crippen LogP contribution in [0.25, 0.3) is 10.9 Å². The lowest BCUT2D eigenvalue weighted by Crippen LogP contribution is -2.62. The van der Waals surface area contributed by atoms with Crippen molar-refractivity contribution >= 4 is 46.2 Å². The summed E-state index contributed by atoms with van der Waals surface area (Å²) in [4.78, 5) is 79.9. The van der Waals surface area contributed by atoms with Crippen LogP contribution >= 0.6 is 0 Å². The molecule has 1 aromatic carbocycles. The minimum atomic E-state index is -1.80. The molecule has 0 radical (unpaired) electrons. The van der Waals surface area contributed by atoms with E-state index in [1.807, 2.05) is 31.2 Å². The Hall–Kier alpha value is -4.36. The number of benzene rings is 1. The Morgan fingerprint density at radius 3 is 2.48 bits per heavy atom. The molecule has 9 unspecified atom stereocenters. The van der Waals surface area contributed by atoms with E-state index in [0.717, 1.165) is 29.3 Å². The van der Waals surface area contributed by atoms with Crippen molar-refractivity contribution in [3.8, 4) is 0 Å². The Labute approximate surface area is 314 Å². The third kappa shape index (κ3) is 7.12. The zero-order chi connectivity index (χ0) is 39.2. The minimum Gasteiger partial charge on any atom is -0.480 e. The first-order chi connectivity index (χ1) is 25.5. The average Bonchev–Trinajstić information content (AvgIpc) is 3.65. The molecule has 2 amide bonds. The summed E-state index contributed by atoms with van der Waals surface area (Å²) in [7, 11) is 0. The van der Waals surface area contributed by atoms with Gasteiger partial charge in [-0.3, -0.25) is 24.0 Å². The second-order valence-electron chi connectivity index (χ2n) is 16.8. The number of aliphatic hydroxyl groups excluding tert-OH is 1. The molecule has 0 aliphatic heterocycles. The van der Waals surface area contributed by atoms with Crippen LogP contribution in [0.15, 0.2) is 42.1 Å². The summed E-state index contributed by atoms with van der Waals surface area (Å²) in [6.45, 7) is 6.71. The predicted octanol–water partition coefficient (Wildman–Crippen LogP) is 3.55. The fourth-order valence-corrected chi connectivity index (χ4v) is 10.5. The number of hydrogen-bond acceptors (Lipinski definition) is 9. The summed E-state index contributed by atoms with van der Waals surface area (Å²) in [5, 5.41) is 39.4. The number of carbonyl (C=O) groups excluding carboxylic acids is 5. The van der Waals surface area contributed by atoms with Gasteiger partial charge in [0.1, 0.15) is 17.7 Å². The molecule has 0 bridgehead atoms. The van der Waals surface area contributed by atoms with Crippen LogP contribution in [0.3, 0.4) is 0 Å². The number of allylic oxidation sites excluding steroid dienone is 1. The zero-order valence-electron chi connectivity index (χ0n) is 31.5. The topological polar surface area (TPSA) is 212 Å². The maximum atomic E-state index is 13.6. The molecule has 3 saturated carbocycles. The number of H-pyrrole nitrogens is 1. The number of hydrogen-bond donors (Lipinski definition) is 6. The number of aliphatic carboxylic acids is 1. The molecule has 9 atom stereocenters. The van der Waals surface area contributed by atoms with Crippen LogP contribution < -0.4 is 10.6 Å². The van der Waals surface area contributed by atoms with Crippen LogP contribution in [0.1, 0.15) is 91.0 Å². The summed E-state index contributed by atoms with van der Waals surface area (Å²) in [5.74, 6) is -4.32. The molecule has 1 heterocycles. The van der Waals surface area contributed by atoms with Crippen molar-refractivity contribution in [3.63, 3.8) is 0 Å². The average molecular weight is 748 g/mol. The van der Waals surface area contributed by atoms with Gasteiger partial charge in [0.15, 0.2) is 12.4 Å². The van der Waals surface area contributed by atoms with Gasteiger partial charge in [-0.1, -0.05) is 51.5 Å². The van der Waals surface area contributed by atoms with Crippen molar-refractivity contribution in [1.29, 1.82) is 0 Å². The number of esters is 1. The molecular formula is C41H53N3O10. The highest BCUT2D eigenvalue weighted by molar-refractivity contribution is 5.93. The highest BCUT2D eigenvalue weighted by atomic mass is 16.5. The van der Waals surface area contributed by atoms with Gasteiger partial charge in [0.05, 0.1) is 12.5 Å². The largest absolute Gasteiger partial charge is 0.480 e. The van der Waals surface area contributed by atoms with Gasteiger partial charge in [-0.2, -0.15) is 0 Å². The molecule has 54 heavy (non-hydrogen) atoms. The molecule has 13 nitrogen and oxygen atoms in total. The van der Waals surface area contributed by atoms with E-state index in [1.54, 1.807) is 26.1 Å². The second kappa shape index (κ2) is 15.1. The number of Topliss-reactive ketones (excluding diaryl/α,β-unsaturated/α-hetero) is 1. The van der Waals surface area contributed by atoms with Crippen LogP contribution in [0.5, 0.6) is 0 Å². The number of amides is 2. The third-order valence-corrected chi connectivity index (χ3v) is 13.4. The van der Waals surface area contributed by atoms with E-state index in [-0.39, 0.29) is 61.1 Å². The Balaban J connectivity index is 1.01. The Morgan fingerprint density at radius 2 is 1.76 bits per heavy atom. The molecule has 3 fully saturated rings. The lowest BCUT2D eigenvalue weighted by atomic mass is 9.45. The van der Waals surface area contributed by atoms with Gasteiger partial charge >= 0.3 is 11.9 Å². The number of ketones is 2. The first-order valence-electron chi connectivity index (χ1n) is 19.2. The van der Waals surface area contributed by atoms with Gasteiger partial charge in [0, 0.05) is 41.8 Å². The number of fused-ring (bicyclic) bond motifs is 6. The summed E-state index contributed by atoms with van der Waals surface area (Å²) < 4.78 is 5.27. The SMILES string of the molecule is CC(C)C(NC(=O)CCC(=O)OCC(=O)C1(O)CCC2C3CCC4=CC(=O)CCC4(C)C3C(O)CC21C)C(=O)NC(Cc1c[nH]c2ccccc12)C(=O)O. The van der Waals surface area contributed by atoms with Crippen molar-refractivity contribution in [2.24, 2.45) is 34.5 Å². The van der Waals surface area contributed by atoms with E-state index in [1.165, 1.54) is 0 Å². The third-order valence-electron chi connectivity index (χ3n) is 13.4. The van der Waals surface area contributed by atoms with Gasteiger partial charge in [0.25, 0.3) is 0 Å². The Kier molecular flexibility index (Phi) is 11.0. The number of rotatable bonds is 13. The molecule has 6 rings (SSSR count). The van der Waals surface area contributed by atoms with Crippen molar-refractivity contribution in [2.75, 3.05) is 6.61 Å². The van der Waals surface area contributed by atoms with Crippen LogP contribution in [0, 0.1) is 34.5 Å².